The normalized spacial score (nSPS) is 12.9. The van der Waals surface area contributed by atoms with Gasteiger partial charge in [0.25, 0.3) is 0 Å². The van der Waals surface area contributed by atoms with Crippen molar-refractivity contribution in [1.82, 2.24) is 19.3 Å². The number of amidine groups is 1. The molecular formula is C42H40BF2N5O4. The van der Waals surface area contributed by atoms with Crippen molar-refractivity contribution in [2.45, 2.75) is 20.0 Å². The molecule has 54 heavy (non-hydrogen) atoms. The fraction of sp³-hybridized carbons (Fsp3) is 0.214. The number of allylic oxidation sites excluding steroid dienone is 1. The number of aryl methyl sites for hydroxylation is 1. The second-order valence-electron chi connectivity index (χ2n) is 12.3. The molecule has 0 fully saturated rings. The number of benzene rings is 2. The Labute approximate surface area is 314 Å². The Balaban J connectivity index is 1.27. The van der Waals surface area contributed by atoms with Gasteiger partial charge in [-0.1, -0.05) is 47.9 Å². The number of nitrogens with zero attached hydrogens (tertiary/aromatic N) is 5. The standard InChI is InChI=1S/C42H40BF2N5O4/c1-32-8-13-34(14-9-32)42(39-19-21-41(48-39)49(30-35-6-2-4-22-46-35)31-36-7-3-5-23-47-36)40-20-16-37(50(40)43(44)45)15-10-33-11-17-38(18-12-33)54-29-28-53-27-26-52-25-24-51/h2-9,11-14,16-23,51H,24-31H2,1H3/b42-39-. The summed E-state index contributed by atoms with van der Waals surface area (Å²) in [7, 11) is -2.86. The minimum Gasteiger partial charge on any atom is -0.491 e. The molecule has 1 N–H and O–H groups in total. The Morgan fingerprint density at radius 3 is 2.06 bits per heavy atom. The van der Waals surface area contributed by atoms with Crippen LogP contribution in [0.1, 0.15) is 39.5 Å². The summed E-state index contributed by atoms with van der Waals surface area (Å²) < 4.78 is 47.3. The number of aliphatic hydroxyl groups excluding tert-OH is 1. The second kappa shape index (κ2) is 19.3. The molecule has 0 unspecified atom stereocenters. The largest absolute Gasteiger partial charge is 0.678 e. The van der Waals surface area contributed by atoms with E-state index in [1.54, 1.807) is 48.8 Å². The first-order valence-electron chi connectivity index (χ1n) is 17.6. The van der Waals surface area contributed by atoms with E-state index in [-0.39, 0.29) is 18.9 Å². The highest BCUT2D eigenvalue weighted by atomic mass is 19.2. The third-order valence-electron chi connectivity index (χ3n) is 8.37. The summed E-state index contributed by atoms with van der Waals surface area (Å²) in [6.45, 7) is 4.75. The zero-order valence-electron chi connectivity index (χ0n) is 29.9. The highest BCUT2D eigenvalue weighted by Crippen LogP contribution is 2.33. The summed E-state index contributed by atoms with van der Waals surface area (Å²) in [6.07, 6.45) is 7.28. The van der Waals surface area contributed by atoms with Crippen molar-refractivity contribution in [1.29, 1.82) is 0 Å². The van der Waals surface area contributed by atoms with Gasteiger partial charge < -0.3 is 28.7 Å². The summed E-state index contributed by atoms with van der Waals surface area (Å²) >= 11 is 0. The van der Waals surface area contributed by atoms with Gasteiger partial charge in [-0.05, 0) is 91.2 Å². The van der Waals surface area contributed by atoms with Crippen LogP contribution in [0, 0.1) is 18.8 Å². The molecule has 3 aromatic heterocycles. The number of aromatic nitrogens is 3. The molecule has 1 aliphatic heterocycles. The van der Waals surface area contributed by atoms with Crippen molar-refractivity contribution in [3.8, 4) is 17.6 Å². The molecule has 0 spiro atoms. The Morgan fingerprint density at radius 2 is 1.43 bits per heavy atom. The van der Waals surface area contributed by atoms with Gasteiger partial charge in [-0.3, -0.25) is 18.6 Å². The third-order valence-corrected chi connectivity index (χ3v) is 8.37. The lowest BCUT2D eigenvalue weighted by atomic mass is 9.98. The van der Waals surface area contributed by atoms with E-state index in [2.05, 4.69) is 26.7 Å². The molecular weight excluding hydrogens is 687 g/mol. The average molecular weight is 728 g/mol. The third kappa shape index (κ3) is 10.4. The molecule has 1 aliphatic rings. The summed E-state index contributed by atoms with van der Waals surface area (Å²) in [5, 5.41) is 8.73. The smallest absolute Gasteiger partial charge is 0.491 e. The molecule has 6 rings (SSSR count). The minimum atomic E-state index is -2.86. The Morgan fingerprint density at radius 1 is 0.759 bits per heavy atom. The molecule has 0 radical (unpaired) electrons. The van der Waals surface area contributed by atoms with Crippen molar-refractivity contribution in [2.75, 3.05) is 39.6 Å². The molecule has 0 saturated heterocycles. The summed E-state index contributed by atoms with van der Waals surface area (Å²) in [5.41, 5.74) is 5.76. The van der Waals surface area contributed by atoms with Gasteiger partial charge in [-0.15, -0.1) is 0 Å². The molecule has 4 heterocycles. The highest BCUT2D eigenvalue weighted by Gasteiger charge is 2.28. The molecule has 12 heteroatoms. The van der Waals surface area contributed by atoms with Gasteiger partial charge >= 0.3 is 7.40 Å². The van der Waals surface area contributed by atoms with Crippen LogP contribution in [-0.2, 0) is 22.6 Å². The second-order valence-corrected chi connectivity index (χ2v) is 12.3. The number of ether oxygens (including phenoxy) is 3. The van der Waals surface area contributed by atoms with Crippen LogP contribution in [-0.4, -0.2) is 77.3 Å². The van der Waals surface area contributed by atoms with E-state index in [0.717, 1.165) is 27.0 Å². The number of aliphatic hydroxyl groups is 1. The zero-order chi connectivity index (χ0) is 37.5. The maximum atomic E-state index is 15.0. The van der Waals surface area contributed by atoms with Crippen LogP contribution in [0.2, 0.25) is 0 Å². The van der Waals surface area contributed by atoms with Crippen molar-refractivity contribution in [2.24, 2.45) is 4.99 Å². The van der Waals surface area contributed by atoms with E-state index >= 15 is 8.63 Å². The Kier molecular flexibility index (Phi) is 13.5. The van der Waals surface area contributed by atoms with E-state index in [1.165, 1.54) is 0 Å². The molecule has 2 aromatic carbocycles. The summed E-state index contributed by atoms with van der Waals surface area (Å²) in [6, 6.07) is 29.7. The monoisotopic (exact) mass is 727 g/mol. The van der Waals surface area contributed by atoms with Crippen molar-refractivity contribution < 1.29 is 27.9 Å². The first-order valence-corrected chi connectivity index (χ1v) is 17.6. The number of hydrogen-bond donors (Lipinski definition) is 1. The van der Waals surface area contributed by atoms with Crippen LogP contribution in [0.25, 0.3) is 5.57 Å². The number of hydrogen-bond acceptors (Lipinski definition) is 8. The SMILES string of the molecule is Cc1ccc(/C(=C2\C=CC(N(Cc3ccccn3)Cc3ccccn3)=N2)c2ccc(C#Cc3ccc(OCCOCCOCCO)cc3)n2B(F)F)cc1. The number of rotatable bonds is 16. The zero-order valence-corrected chi connectivity index (χ0v) is 29.9. The van der Waals surface area contributed by atoms with Crippen LogP contribution < -0.4 is 4.74 Å². The lowest BCUT2D eigenvalue weighted by Crippen LogP contribution is -2.28. The van der Waals surface area contributed by atoms with Gasteiger partial charge in [0.15, 0.2) is 0 Å². The van der Waals surface area contributed by atoms with Crippen molar-refractivity contribution in [3.05, 3.63) is 167 Å². The maximum Gasteiger partial charge on any atom is 0.678 e. The van der Waals surface area contributed by atoms with Crippen LogP contribution >= 0.6 is 0 Å². The number of pyridine rings is 2. The minimum absolute atomic E-state index is 0.0207. The maximum absolute atomic E-state index is 15.0. The van der Waals surface area contributed by atoms with Crippen molar-refractivity contribution >= 4 is 18.8 Å². The van der Waals surface area contributed by atoms with Gasteiger partial charge in [0, 0.05) is 29.2 Å². The van der Waals surface area contributed by atoms with E-state index in [9.17, 15) is 0 Å². The van der Waals surface area contributed by atoms with E-state index < -0.39 is 7.40 Å². The molecule has 0 aliphatic carbocycles. The highest BCUT2D eigenvalue weighted by molar-refractivity contribution is 6.41. The predicted molar refractivity (Wildman–Crippen MR) is 206 cm³/mol. The van der Waals surface area contributed by atoms with Gasteiger partial charge in [-0.2, -0.15) is 0 Å². The fourth-order valence-electron chi connectivity index (χ4n) is 5.75. The molecule has 0 amide bonds. The fourth-order valence-corrected chi connectivity index (χ4v) is 5.75. The van der Waals surface area contributed by atoms with Crippen LogP contribution in [0.5, 0.6) is 5.75 Å². The van der Waals surface area contributed by atoms with Gasteiger partial charge in [-0.25, -0.2) is 4.99 Å². The molecule has 274 valence electrons. The first-order chi connectivity index (χ1) is 26.5. The van der Waals surface area contributed by atoms with Gasteiger partial charge in [0.1, 0.15) is 18.2 Å². The predicted octanol–water partition coefficient (Wildman–Crippen LogP) is 6.59. The lowest BCUT2D eigenvalue weighted by molar-refractivity contribution is 0.0247. The number of halogens is 2. The number of aliphatic imine (C=N–C) groups is 1. The van der Waals surface area contributed by atoms with E-state index in [0.29, 0.717) is 73.6 Å². The average Bonchev–Trinajstić information content (AvgIpc) is 3.85. The topological polar surface area (TPSA) is 94.2 Å². The molecule has 0 atom stereocenters. The lowest BCUT2D eigenvalue weighted by Gasteiger charge is -2.23. The quantitative estimate of drug-likeness (QED) is 0.0697. The van der Waals surface area contributed by atoms with Crippen LogP contribution in [0.3, 0.4) is 0 Å². The van der Waals surface area contributed by atoms with Gasteiger partial charge in [0.2, 0.25) is 0 Å². The van der Waals surface area contributed by atoms with Crippen molar-refractivity contribution in [3.63, 3.8) is 0 Å². The molecule has 5 aromatic rings. The Hall–Kier alpha value is -5.87. The molecule has 9 nitrogen and oxygen atoms in total. The van der Waals surface area contributed by atoms with Crippen LogP contribution in [0.15, 0.2) is 132 Å². The first kappa shape index (κ1) is 37.9. The van der Waals surface area contributed by atoms with Gasteiger partial charge in [0.05, 0.1) is 68.9 Å². The summed E-state index contributed by atoms with van der Waals surface area (Å²) in [4.78, 5) is 16.2. The molecule has 0 bridgehead atoms. The van der Waals surface area contributed by atoms with E-state index in [1.807, 2.05) is 79.7 Å². The molecule has 0 saturated carbocycles. The Bertz CT molecular complexity index is 2070. The van der Waals surface area contributed by atoms with E-state index in [4.69, 9.17) is 24.3 Å². The summed E-state index contributed by atoms with van der Waals surface area (Å²) in [5.74, 6) is 7.30. The van der Waals surface area contributed by atoms with Crippen LogP contribution in [0.4, 0.5) is 8.63 Å².